The maximum atomic E-state index is 12.4. The average molecular weight is 261 g/mol. The molecule has 1 amide bonds. The molecule has 0 saturated heterocycles. The van der Waals surface area contributed by atoms with E-state index in [1.165, 1.54) is 12.8 Å². The SMILES string of the molecule is CCCCCCC(=O)N(c1ccccc1)C(C)CC. The van der Waals surface area contributed by atoms with E-state index in [1.54, 1.807) is 0 Å². The summed E-state index contributed by atoms with van der Waals surface area (Å²) >= 11 is 0. The van der Waals surface area contributed by atoms with Crippen LogP contribution in [-0.2, 0) is 4.79 Å². The first-order valence-electron chi connectivity index (χ1n) is 7.57. The first kappa shape index (κ1) is 15.7. The Labute approximate surface area is 117 Å². The van der Waals surface area contributed by atoms with Crippen molar-refractivity contribution in [3.8, 4) is 0 Å². The quantitative estimate of drug-likeness (QED) is 0.616. The minimum atomic E-state index is 0.261. The summed E-state index contributed by atoms with van der Waals surface area (Å²) < 4.78 is 0. The van der Waals surface area contributed by atoms with Crippen LogP contribution in [0, 0.1) is 0 Å². The molecule has 1 atom stereocenters. The van der Waals surface area contributed by atoms with Gasteiger partial charge in [0.25, 0.3) is 0 Å². The smallest absolute Gasteiger partial charge is 0.227 e. The van der Waals surface area contributed by atoms with Crippen molar-refractivity contribution in [3.63, 3.8) is 0 Å². The fourth-order valence-corrected chi connectivity index (χ4v) is 2.24. The van der Waals surface area contributed by atoms with E-state index in [0.717, 1.165) is 24.9 Å². The third-order valence-corrected chi connectivity index (χ3v) is 3.58. The monoisotopic (exact) mass is 261 g/mol. The van der Waals surface area contributed by atoms with Crippen molar-refractivity contribution in [1.29, 1.82) is 0 Å². The molecule has 2 nitrogen and oxygen atoms in total. The van der Waals surface area contributed by atoms with E-state index < -0.39 is 0 Å². The molecule has 0 aliphatic rings. The lowest BCUT2D eigenvalue weighted by Gasteiger charge is -2.29. The van der Waals surface area contributed by atoms with Gasteiger partial charge in [0.2, 0.25) is 5.91 Å². The van der Waals surface area contributed by atoms with Gasteiger partial charge in [0.15, 0.2) is 0 Å². The molecule has 0 radical (unpaired) electrons. The van der Waals surface area contributed by atoms with Gasteiger partial charge < -0.3 is 4.90 Å². The topological polar surface area (TPSA) is 20.3 Å². The molecule has 19 heavy (non-hydrogen) atoms. The lowest BCUT2D eigenvalue weighted by Crippen LogP contribution is -2.38. The molecule has 2 heteroatoms. The van der Waals surface area contributed by atoms with Gasteiger partial charge in [-0.1, -0.05) is 51.3 Å². The molecule has 1 unspecified atom stereocenters. The number of nitrogens with zero attached hydrogens (tertiary/aromatic N) is 1. The molecule has 0 N–H and O–H groups in total. The zero-order valence-corrected chi connectivity index (χ0v) is 12.6. The van der Waals surface area contributed by atoms with Gasteiger partial charge in [-0.2, -0.15) is 0 Å². The highest BCUT2D eigenvalue weighted by Gasteiger charge is 2.19. The van der Waals surface area contributed by atoms with Crippen LogP contribution in [-0.4, -0.2) is 11.9 Å². The van der Waals surface area contributed by atoms with E-state index in [4.69, 9.17) is 0 Å². The van der Waals surface area contributed by atoms with Crippen molar-refractivity contribution in [3.05, 3.63) is 30.3 Å². The summed E-state index contributed by atoms with van der Waals surface area (Å²) in [5, 5.41) is 0. The van der Waals surface area contributed by atoms with Gasteiger partial charge in [-0.3, -0.25) is 4.79 Å². The number of carbonyl (C=O) groups excluding carboxylic acids is 1. The van der Waals surface area contributed by atoms with Crippen LogP contribution in [0.1, 0.15) is 59.3 Å². The highest BCUT2D eigenvalue weighted by molar-refractivity contribution is 5.93. The lowest BCUT2D eigenvalue weighted by molar-refractivity contribution is -0.119. The maximum absolute atomic E-state index is 12.4. The molecular formula is C17H27NO. The maximum Gasteiger partial charge on any atom is 0.227 e. The van der Waals surface area contributed by atoms with Gasteiger partial charge >= 0.3 is 0 Å². The van der Waals surface area contributed by atoms with Gasteiger partial charge in [-0.25, -0.2) is 0 Å². The Morgan fingerprint density at radius 2 is 1.79 bits per heavy atom. The summed E-state index contributed by atoms with van der Waals surface area (Å²) in [6.07, 6.45) is 6.25. The van der Waals surface area contributed by atoms with Gasteiger partial charge in [0.1, 0.15) is 0 Å². The molecule has 0 spiro atoms. The van der Waals surface area contributed by atoms with E-state index in [2.05, 4.69) is 20.8 Å². The van der Waals surface area contributed by atoms with Gasteiger partial charge in [0, 0.05) is 18.2 Å². The first-order chi connectivity index (χ1) is 9.20. The van der Waals surface area contributed by atoms with Crippen molar-refractivity contribution in [2.45, 2.75) is 65.3 Å². The minimum absolute atomic E-state index is 0.261. The largest absolute Gasteiger partial charge is 0.310 e. The van der Waals surface area contributed by atoms with Crippen LogP contribution in [0.25, 0.3) is 0 Å². The van der Waals surface area contributed by atoms with E-state index >= 15 is 0 Å². The normalized spacial score (nSPS) is 12.2. The zero-order chi connectivity index (χ0) is 14.1. The van der Waals surface area contributed by atoms with Crippen LogP contribution >= 0.6 is 0 Å². The van der Waals surface area contributed by atoms with Gasteiger partial charge in [-0.05, 0) is 31.9 Å². The molecule has 1 aromatic rings. The number of unbranched alkanes of at least 4 members (excludes halogenated alkanes) is 3. The standard InChI is InChI=1S/C17H27NO/c1-4-6-7-11-14-17(19)18(15(3)5-2)16-12-9-8-10-13-16/h8-10,12-13,15H,4-7,11,14H2,1-3H3. The van der Waals surface area contributed by atoms with Crippen LogP contribution < -0.4 is 4.90 Å². The molecule has 1 rings (SSSR count). The molecule has 0 bridgehead atoms. The molecular weight excluding hydrogens is 234 g/mol. The van der Waals surface area contributed by atoms with Crippen LogP contribution in [0.3, 0.4) is 0 Å². The third kappa shape index (κ3) is 5.06. The van der Waals surface area contributed by atoms with Crippen molar-refractivity contribution in [2.24, 2.45) is 0 Å². The summed E-state index contributed by atoms with van der Waals surface area (Å²) in [6, 6.07) is 10.3. The zero-order valence-electron chi connectivity index (χ0n) is 12.6. The summed E-state index contributed by atoms with van der Waals surface area (Å²) in [6.45, 7) is 6.44. The second-order valence-electron chi connectivity index (χ2n) is 5.17. The highest BCUT2D eigenvalue weighted by atomic mass is 16.2. The Hall–Kier alpha value is -1.31. The summed E-state index contributed by atoms with van der Waals surface area (Å²) in [4.78, 5) is 14.4. The summed E-state index contributed by atoms with van der Waals surface area (Å²) in [7, 11) is 0. The number of para-hydroxylation sites is 1. The lowest BCUT2D eigenvalue weighted by atomic mass is 10.1. The molecule has 0 aromatic heterocycles. The molecule has 0 aliphatic carbocycles. The highest BCUT2D eigenvalue weighted by Crippen LogP contribution is 2.20. The summed E-state index contributed by atoms with van der Waals surface area (Å²) in [5.41, 5.74) is 1.03. The number of anilines is 1. The van der Waals surface area contributed by atoms with Crippen LogP contribution in [0.5, 0.6) is 0 Å². The Bertz CT molecular complexity index is 361. The number of rotatable bonds is 8. The summed E-state index contributed by atoms with van der Waals surface area (Å²) in [5.74, 6) is 0.261. The molecule has 0 fully saturated rings. The average Bonchev–Trinajstić information content (AvgIpc) is 2.45. The van der Waals surface area contributed by atoms with Gasteiger partial charge in [0.05, 0.1) is 0 Å². The molecule has 0 saturated carbocycles. The van der Waals surface area contributed by atoms with E-state index in [9.17, 15) is 4.79 Å². The molecule has 106 valence electrons. The predicted molar refractivity (Wildman–Crippen MR) is 82.4 cm³/mol. The fraction of sp³-hybridized carbons (Fsp3) is 0.588. The van der Waals surface area contributed by atoms with Gasteiger partial charge in [-0.15, -0.1) is 0 Å². The van der Waals surface area contributed by atoms with Crippen LogP contribution in [0.2, 0.25) is 0 Å². The molecule has 0 heterocycles. The number of carbonyl (C=O) groups is 1. The van der Waals surface area contributed by atoms with Crippen molar-refractivity contribution < 1.29 is 4.79 Å². The van der Waals surface area contributed by atoms with Crippen molar-refractivity contribution >= 4 is 11.6 Å². The van der Waals surface area contributed by atoms with Crippen LogP contribution in [0.15, 0.2) is 30.3 Å². The predicted octanol–water partition coefficient (Wildman–Crippen LogP) is 4.79. The second kappa shape index (κ2) is 8.73. The Morgan fingerprint density at radius 1 is 1.11 bits per heavy atom. The number of hydrogen-bond acceptors (Lipinski definition) is 1. The number of amides is 1. The first-order valence-corrected chi connectivity index (χ1v) is 7.57. The second-order valence-corrected chi connectivity index (χ2v) is 5.17. The Morgan fingerprint density at radius 3 is 2.37 bits per heavy atom. The Kier molecular flexibility index (Phi) is 7.24. The molecule has 0 aliphatic heterocycles. The number of benzene rings is 1. The van der Waals surface area contributed by atoms with Crippen LogP contribution in [0.4, 0.5) is 5.69 Å². The van der Waals surface area contributed by atoms with Crippen molar-refractivity contribution in [1.82, 2.24) is 0 Å². The third-order valence-electron chi connectivity index (χ3n) is 3.58. The Balaban J connectivity index is 2.67. The minimum Gasteiger partial charge on any atom is -0.310 e. The van der Waals surface area contributed by atoms with E-state index in [-0.39, 0.29) is 11.9 Å². The van der Waals surface area contributed by atoms with E-state index in [1.807, 2.05) is 35.2 Å². The molecule has 1 aromatic carbocycles. The fourth-order valence-electron chi connectivity index (χ4n) is 2.24. The number of hydrogen-bond donors (Lipinski definition) is 0. The van der Waals surface area contributed by atoms with Crippen molar-refractivity contribution in [2.75, 3.05) is 4.90 Å². The van der Waals surface area contributed by atoms with E-state index in [0.29, 0.717) is 6.42 Å².